The third-order valence-corrected chi connectivity index (χ3v) is 2.88. The second-order valence-corrected chi connectivity index (χ2v) is 3.89. The van der Waals surface area contributed by atoms with Crippen LogP contribution in [0.2, 0.25) is 0 Å². The van der Waals surface area contributed by atoms with Gasteiger partial charge in [0.05, 0.1) is 6.20 Å². The lowest BCUT2D eigenvalue weighted by Crippen LogP contribution is -2.22. The predicted molar refractivity (Wildman–Crippen MR) is 62.9 cm³/mol. The van der Waals surface area contributed by atoms with Gasteiger partial charge in [-0.15, -0.1) is 0 Å². The van der Waals surface area contributed by atoms with E-state index in [0.29, 0.717) is 12.4 Å². The Morgan fingerprint density at radius 3 is 2.82 bits per heavy atom. The van der Waals surface area contributed by atoms with Crippen molar-refractivity contribution in [2.45, 2.75) is 6.54 Å². The molecule has 1 N–H and O–H groups in total. The molecule has 0 bridgehead atoms. The average molecular weight is 226 g/mol. The molecule has 0 amide bonds. The van der Waals surface area contributed by atoms with E-state index in [-0.39, 0.29) is 5.69 Å². The van der Waals surface area contributed by atoms with Gasteiger partial charge in [0.15, 0.2) is 0 Å². The summed E-state index contributed by atoms with van der Waals surface area (Å²) in [6.07, 6.45) is 5.32. The number of carboxylic acid groups (broad SMARTS) is 1. The first-order valence-corrected chi connectivity index (χ1v) is 5.31. The summed E-state index contributed by atoms with van der Waals surface area (Å²) in [4.78, 5) is 15.2. The van der Waals surface area contributed by atoms with Crippen LogP contribution in [-0.2, 0) is 6.54 Å². The van der Waals surface area contributed by atoms with Crippen molar-refractivity contribution in [1.29, 1.82) is 0 Å². The highest BCUT2D eigenvalue weighted by Gasteiger charge is 2.14. The molecule has 0 fully saturated rings. The fourth-order valence-electron chi connectivity index (χ4n) is 2.02. The number of nitrogens with zero attached hydrogens (tertiary/aromatic N) is 2. The van der Waals surface area contributed by atoms with Crippen LogP contribution in [-0.4, -0.2) is 20.6 Å². The third-order valence-electron chi connectivity index (χ3n) is 2.88. The van der Waals surface area contributed by atoms with Crippen molar-refractivity contribution in [3.05, 3.63) is 52.4 Å². The molecule has 17 heavy (non-hydrogen) atoms. The van der Waals surface area contributed by atoms with Crippen LogP contribution in [0.1, 0.15) is 16.3 Å². The Morgan fingerprint density at radius 2 is 2.06 bits per heavy atom. The smallest absolute Gasteiger partial charge is 0.354 e. The van der Waals surface area contributed by atoms with Crippen molar-refractivity contribution in [1.82, 2.24) is 9.55 Å². The molecule has 0 atom stereocenters. The van der Waals surface area contributed by atoms with Crippen LogP contribution in [0.5, 0.6) is 0 Å². The first-order chi connectivity index (χ1) is 8.25. The molecular weight excluding hydrogens is 216 g/mol. The summed E-state index contributed by atoms with van der Waals surface area (Å²) in [5.74, 6) is -0.264. The molecule has 0 radical (unpaired) electrons. The van der Waals surface area contributed by atoms with Crippen LogP contribution in [0, 0.1) is 0 Å². The molecule has 2 aromatic rings. The number of hydrogen-bond donors (Lipinski definition) is 1. The molecule has 4 nitrogen and oxygen atoms in total. The fourth-order valence-corrected chi connectivity index (χ4v) is 2.02. The van der Waals surface area contributed by atoms with E-state index in [4.69, 9.17) is 5.11 Å². The summed E-state index contributed by atoms with van der Waals surface area (Å²) in [5.41, 5.74) is 0.223. The second-order valence-electron chi connectivity index (χ2n) is 3.89. The van der Waals surface area contributed by atoms with Gasteiger partial charge < -0.3 is 9.67 Å². The van der Waals surface area contributed by atoms with Gasteiger partial charge in [-0.05, 0) is 16.5 Å². The lowest BCUT2D eigenvalue weighted by molar-refractivity contribution is 0.0686. The number of rotatable bonds is 1. The standard InChI is InChI=1S/C13H10N2O2/c16-13(17)11-8-14-12-7-10-4-2-1-3-9(10)5-6-15(11)12/h1-5,7-8H,6H2,(H,16,17). The van der Waals surface area contributed by atoms with E-state index >= 15 is 0 Å². The van der Waals surface area contributed by atoms with Crippen LogP contribution in [0.15, 0.2) is 30.5 Å². The first kappa shape index (κ1) is 9.84. The Bertz CT molecular complexity index is 713. The van der Waals surface area contributed by atoms with Crippen molar-refractivity contribution < 1.29 is 9.90 Å². The largest absolute Gasteiger partial charge is 0.477 e. The predicted octanol–water partition coefficient (Wildman–Crippen LogP) is 0.204. The molecule has 4 heteroatoms. The van der Waals surface area contributed by atoms with E-state index < -0.39 is 5.97 Å². The normalized spacial score (nSPS) is 12.7. The van der Waals surface area contributed by atoms with Gasteiger partial charge in [0.1, 0.15) is 11.5 Å². The maximum Gasteiger partial charge on any atom is 0.354 e. The average Bonchev–Trinajstić information content (AvgIpc) is 2.63. The highest BCUT2D eigenvalue weighted by molar-refractivity contribution is 5.86. The molecule has 1 aliphatic heterocycles. The van der Waals surface area contributed by atoms with Crippen molar-refractivity contribution in [2.75, 3.05) is 0 Å². The number of carbonyl (C=O) groups is 1. The van der Waals surface area contributed by atoms with E-state index in [2.05, 4.69) is 4.98 Å². The lowest BCUT2D eigenvalue weighted by atomic mass is 10.2. The molecule has 0 unspecified atom stereocenters. The molecule has 1 aromatic heterocycles. The molecule has 0 saturated heterocycles. The number of aromatic nitrogens is 2. The molecule has 84 valence electrons. The van der Waals surface area contributed by atoms with Gasteiger partial charge in [-0.1, -0.05) is 30.3 Å². The van der Waals surface area contributed by atoms with E-state index in [1.165, 1.54) is 6.20 Å². The minimum atomic E-state index is -0.948. The Labute approximate surface area is 97.2 Å². The number of carboxylic acids is 1. The molecule has 1 aromatic carbocycles. The molecule has 0 aliphatic carbocycles. The van der Waals surface area contributed by atoms with Gasteiger partial charge >= 0.3 is 5.97 Å². The van der Waals surface area contributed by atoms with Crippen LogP contribution >= 0.6 is 0 Å². The summed E-state index contributed by atoms with van der Waals surface area (Å²) in [5, 5.41) is 11.2. The number of benzene rings is 1. The van der Waals surface area contributed by atoms with Crippen molar-refractivity contribution in [2.24, 2.45) is 0 Å². The zero-order valence-corrected chi connectivity index (χ0v) is 9.00. The van der Waals surface area contributed by atoms with E-state index in [1.807, 2.05) is 36.4 Å². The fraction of sp³-hybridized carbons (Fsp3) is 0.0769. The summed E-state index contributed by atoms with van der Waals surface area (Å²) in [7, 11) is 0. The second kappa shape index (κ2) is 3.59. The Hall–Kier alpha value is -2.36. The summed E-state index contributed by atoms with van der Waals surface area (Å²) in [6.45, 7) is 0.532. The number of imidazole rings is 1. The zero-order valence-electron chi connectivity index (χ0n) is 9.00. The van der Waals surface area contributed by atoms with Crippen molar-refractivity contribution >= 4 is 18.1 Å². The molecule has 2 heterocycles. The van der Waals surface area contributed by atoms with Gasteiger partial charge in [-0.2, -0.15) is 0 Å². The topological polar surface area (TPSA) is 55.1 Å². The molecule has 1 aliphatic rings. The van der Waals surface area contributed by atoms with Crippen LogP contribution in [0.4, 0.5) is 0 Å². The molecular formula is C13H10N2O2. The molecule has 0 saturated carbocycles. The van der Waals surface area contributed by atoms with Gasteiger partial charge in [-0.25, -0.2) is 9.78 Å². The Kier molecular flexibility index (Phi) is 2.08. The zero-order chi connectivity index (χ0) is 11.8. The summed E-state index contributed by atoms with van der Waals surface area (Å²) in [6, 6.07) is 7.94. The maximum atomic E-state index is 11.0. The van der Waals surface area contributed by atoms with Gasteiger partial charge in [0.2, 0.25) is 0 Å². The SMILES string of the molecule is O=C(O)c1cnc2n1CC=c1ccccc1=C2. The number of aromatic carboxylic acids is 1. The van der Waals surface area contributed by atoms with Gasteiger partial charge in [0.25, 0.3) is 0 Å². The van der Waals surface area contributed by atoms with Crippen LogP contribution < -0.4 is 10.4 Å². The van der Waals surface area contributed by atoms with Gasteiger partial charge in [0, 0.05) is 6.54 Å². The third kappa shape index (κ3) is 1.54. The Balaban J connectivity index is 2.28. The monoisotopic (exact) mass is 226 g/mol. The first-order valence-electron chi connectivity index (χ1n) is 5.31. The Morgan fingerprint density at radius 1 is 1.29 bits per heavy atom. The van der Waals surface area contributed by atoms with Gasteiger partial charge in [-0.3, -0.25) is 0 Å². The van der Waals surface area contributed by atoms with Crippen LogP contribution in [0.25, 0.3) is 12.2 Å². The highest BCUT2D eigenvalue weighted by Crippen LogP contribution is 2.07. The van der Waals surface area contributed by atoms with Crippen molar-refractivity contribution in [3.63, 3.8) is 0 Å². The molecule has 0 spiro atoms. The quantitative estimate of drug-likeness (QED) is 0.756. The minimum Gasteiger partial charge on any atom is -0.477 e. The number of fused-ring (bicyclic) bond motifs is 2. The molecule has 3 rings (SSSR count). The lowest BCUT2D eigenvalue weighted by Gasteiger charge is -2.02. The summed E-state index contributed by atoms with van der Waals surface area (Å²) < 4.78 is 1.70. The van der Waals surface area contributed by atoms with E-state index in [0.717, 1.165) is 10.4 Å². The minimum absolute atomic E-state index is 0.223. The number of hydrogen-bond acceptors (Lipinski definition) is 2. The van der Waals surface area contributed by atoms with E-state index in [9.17, 15) is 4.79 Å². The van der Waals surface area contributed by atoms with E-state index in [1.54, 1.807) is 4.57 Å². The highest BCUT2D eigenvalue weighted by atomic mass is 16.4. The van der Waals surface area contributed by atoms with Crippen LogP contribution in [0.3, 0.4) is 0 Å². The van der Waals surface area contributed by atoms with Crippen molar-refractivity contribution in [3.8, 4) is 0 Å². The summed E-state index contributed by atoms with van der Waals surface area (Å²) >= 11 is 0. The maximum absolute atomic E-state index is 11.0.